The molecule has 66 valence electrons. The van der Waals surface area contributed by atoms with Gasteiger partial charge in [-0.3, -0.25) is 0 Å². The van der Waals surface area contributed by atoms with Crippen molar-refractivity contribution in [3.63, 3.8) is 0 Å². The third-order valence-electron chi connectivity index (χ3n) is 1.44. The largest absolute Gasteiger partial charge is 0.449 e. The van der Waals surface area contributed by atoms with Crippen LogP contribution in [0.4, 0.5) is 0 Å². The Labute approximate surface area is 74.6 Å². The summed E-state index contributed by atoms with van der Waals surface area (Å²) in [6.45, 7) is 9.83. The van der Waals surface area contributed by atoms with Gasteiger partial charge in [0.1, 0.15) is 0 Å². The number of esters is 1. The van der Waals surface area contributed by atoms with Crippen LogP contribution >= 0.6 is 0 Å². The summed E-state index contributed by atoms with van der Waals surface area (Å²) >= 11 is 0. The molecule has 0 aromatic carbocycles. The van der Waals surface area contributed by atoms with E-state index in [0.717, 1.165) is 0 Å². The van der Waals surface area contributed by atoms with Gasteiger partial charge in [-0.2, -0.15) is 0 Å². The minimum Gasteiger partial charge on any atom is -0.449 e. The molecule has 0 saturated heterocycles. The number of carbonyl (C=O) groups is 1. The summed E-state index contributed by atoms with van der Waals surface area (Å²) in [6, 6.07) is 0. The van der Waals surface area contributed by atoms with Gasteiger partial charge in [0.05, 0.1) is 8.07 Å². The fourth-order valence-electron chi connectivity index (χ4n) is 0.501. The van der Waals surface area contributed by atoms with Gasteiger partial charge in [0, 0.05) is 5.20 Å². The van der Waals surface area contributed by atoms with E-state index in [0.29, 0.717) is 5.20 Å². The summed E-state index contributed by atoms with van der Waals surface area (Å²) in [6.07, 6.45) is 4.94. The molecule has 0 aliphatic carbocycles. The summed E-state index contributed by atoms with van der Waals surface area (Å²) in [4.78, 5) is 11.2. The lowest BCUT2D eigenvalue weighted by molar-refractivity contribution is -0.136. The Balaban J connectivity index is 4.15. The number of terminal acetylenes is 1. The van der Waals surface area contributed by atoms with Crippen LogP contribution in [0, 0.1) is 12.3 Å². The molecule has 0 heterocycles. The molecule has 0 radical (unpaired) electrons. The van der Waals surface area contributed by atoms with E-state index in [9.17, 15) is 4.79 Å². The highest BCUT2D eigenvalue weighted by atomic mass is 28.3. The summed E-state index contributed by atoms with van der Waals surface area (Å²) < 4.78 is 4.74. The number of ether oxygens (including phenoxy) is 1. The summed E-state index contributed by atoms with van der Waals surface area (Å²) in [7, 11) is -1.61. The SMILES string of the molecule is C#CCOC(=O)C(=C)[Si](C)(C)C. The molecule has 3 heteroatoms. The van der Waals surface area contributed by atoms with Gasteiger partial charge in [-0.15, -0.1) is 6.42 Å². The second-order valence-electron chi connectivity index (χ2n) is 3.51. The van der Waals surface area contributed by atoms with Crippen LogP contribution in [0.15, 0.2) is 11.8 Å². The Kier molecular flexibility index (Phi) is 3.77. The summed E-state index contributed by atoms with van der Waals surface area (Å²) in [5, 5.41) is 0.581. The Morgan fingerprint density at radius 1 is 1.58 bits per heavy atom. The van der Waals surface area contributed by atoms with E-state index in [1.54, 1.807) is 0 Å². The first-order valence-electron chi connectivity index (χ1n) is 3.69. The van der Waals surface area contributed by atoms with E-state index in [4.69, 9.17) is 11.2 Å². The summed E-state index contributed by atoms with van der Waals surface area (Å²) in [5.41, 5.74) is 0. The Bertz CT molecular complexity index is 230. The normalized spacial score (nSPS) is 10.2. The highest BCUT2D eigenvalue weighted by Crippen LogP contribution is 2.13. The van der Waals surface area contributed by atoms with E-state index in [2.05, 4.69) is 12.5 Å². The lowest BCUT2D eigenvalue weighted by Crippen LogP contribution is -2.29. The lowest BCUT2D eigenvalue weighted by Gasteiger charge is -2.16. The molecule has 0 aromatic rings. The van der Waals surface area contributed by atoms with E-state index in [-0.39, 0.29) is 12.6 Å². The first-order chi connectivity index (χ1) is 5.39. The van der Waals surface area contributed by atoms with Gasteiger partial charge in [0.15, 0.2) is 6.61 Å². The van der Waals surface area contributed by atoms with Crippen LogP contribution in [0.2, 0.25) is 19.6 Å². The van der Waals surface area contributed by atoms with Crippen LogP contribution in [0.5, 0.6) is 0 Å². The third-order valence-corrected chi connectivity index (χ3v) is 3.45. The molecule has 0 spiro atoms. The van der Waals surface area contributed by atoms with Crippen LogP contribution < -0.4 is 0 Å². The van der Waals surface area contributed by atoms with Crippen molar-refractivity contribution in [3.8, 4) is 12.3 Å². The van der Waals surface area contributed by atoms with Crippen molar-refractivity contribution in [1.82, 2.24) is 0 Å². The average Bonchev–Trinajstić information content (AvgIpc) is 1.97. The standard InChI is InChI=1S/C9H14O2Si/c1-6-7-11-9(10)8(2)12(3,4)5/h1H,2,7H2,3-5H3. The Morgan fingerprint density at radius 2 is 2.08 bits per heavy atom. The van der Waals surface area contributed by atoms with Gasteiger partial charge in [-0.1, -0.05) is 32.1 Å². The maximum absolute atomic E-state index is 11.2. The fraction of sp³-hybridized carbons (Fsp3) is 0.444. The number of rotatable bonds is 3. The summed E-state index contributed by atoms with van der Waals surface area (Å²) in [5.74, 6) is 1.88. The molecule has 0 unspecified atom stereocenters. The molecule has 0 bridgehead atoms. The topological polar surface area (TPSA) is 26.3 Å². The van der Waals surface area contributed by atoms with Crippen molar-refractivity contribution in [3.05, 3.63) is 11.8 Å². The smallest absolute Gasteiger partial charge is 0.330 e. The first-order valence-corrected chi connectivity index (χ1v) is 7.19. The van der Waals surface area contributed by atoms with Gasteiger partial charge in [0.25, 0.3) is 0 Å². The fourth-order valence-corrected chi connectivity index (χ4v) is 1.19. The molecule has 0 atom stereocenters. The predicted octanol–water partition coefficient (Wildman–Crippen LogP) is 1.60. The minimum atomic E-state index is -1.61. The second-order valence-corrected chi connectivity index (χ2v) is 8.61. The van der Waals surface area contributed by atoms with Crippen molar-refractivity contribution in [2.24, 2.45) is 0 Å². The third kappa shape index (κ3) is 3.40. The molecule has 12 heavy (non-hydrogen) atoms. The zero-order valence-corrected chi connectivity index (χ0v) is 8.81. The molecule has 0 saturated carbocycles. The lowest BCUT2D eigenvalue weighted by atomic mass is 10.6. The molecule has 0 aliphatic heterocycles. The maximum Gasteiger partial charge on any atom is 0.330 e. The van der Waals surface area contributed by atoms with E-state index in [1.165, 1.54) is 0 Å². The number of hydrogen-bond donors (Lipinski definition) is 0. The van der Waals surface area contributed by atoms with Gasteiger partial charge < -0.3 is 4.74 Å². The molecule has 0 N–H and O–H groups in total. The maximum atomic E-state index is 11.2. The zero-order chi connectivity index (χ0) is 9.78. The van der Waals surface area contributed by atoms with Gasteiger partial charge in [-0.25, -0.2) is 4.79 Å². The minimum absolute atomic E-state index is 0.0301. The zero-order valence-electron chi connectivity index (χ0n) is 7.81. The van der Waals surface area contributed by atoms with Gasteiger partial charge >= 0.3 is 5.97 Å². The molecule has 0 aromatic heterocycles. The molecular weight excluding hydrogens is 168 g/mol. The molecular formula is C9H14O2Si. The molecule has 0 aliphatic rings. The first kappa shape index (κ1) is 11.0. The number of hydrogen-bond acceptors (Lipinski definition) is 2. The van der Waals surface area contributed by atoms with Crippen LogP contribution in [-0.2, 0) is 9.53 Å². The van der Waals surface area contributed by atoms with Crippen LogP contribution in [0.1, 0.15) is 0 Å². The van der Waals surface area contributed by atoms with E-state index < -0.39 is 8.07 Å². The van der Waals surface area contributed by atoms with Crippen LogP contribution in [0.3, 0.4) is 0 Å². The molecule has 0 rings (SSSR count). The Morgan fingerprint density at radius 3 is 2.42 bits per heavy atom. The predicted molar refractivity (Wildman–Crippen MR) is 52.3 cm³/mol. The van der Waals surface area contributed by atoms with Crippen LogP contribution in [-0.4, -0.2) is 20.7 Å². The molecule has 0 amide bonds. The monoisotopic (exact) mass is 182 g/mol. The van der Waals surface area contributed by atoms with Crippen molar-refractivity contribution in [2.45, 2.75) is 19.6 Å². The van der Waals surface area contributed by atoms with Crippen LogP contribution in [0.25, 0.3) is 0 Å². The molecule has 2 nitrogen and oxygen atoms in total. The highest BCUT2D eigenvalue weighted by Gasteiger charge is 2.24. The van der Waals surface area contributed by atoms with Crippen molar-refractivity contribution in [2.75, 3.05) is 6.61 Å². The van der Waals surface area contributed by atoms with E-state index in [1.807, 2.05) is 19.6 Å². The highest BCUT2D eigenvalue weighted by molar-refractivity contribution is 6.86. The molecule has 0 fully saturated rings. The number of carbonyl (C=O) groups excluding carboxylic acids is 1. The van der Waals surface area contributed by atoms with Crippen molar-refractivity contribution >= 4 is 14.0 Å². The van der Waals surface area contributed by atoms with Gasteiger partial charge in [0.2, 0.25) is 0 Å². The average molecular weight is 182 g/mol. The second kappa shape index (κ2) is 4.12. The quantitative estimate of drug-likeness (QED) is 0.287. The van der Waals surface area contributed by atoms with Crippen molar-refractivity contribution < 1.29 is 9.53 Å². The van der Waals surface area contributed by atoms with Gasteiger partial charge in [-0.05, 0) is 0 Å². The Hall–Kier alpha value is -1.01. The van der Waals surface area contributed by atoms with E-state index >= 15 is 0 Å². The van der Waals surface area contributed by atoms with Crippen molar-refractivity contribution in [1.29, 1.82) is 0 Å².